The van der Waals surface area contributed by atoms with E-state index in [2.05, 4.69) is 0 Å². The second-order valence-electron chi connectivity index (χ2n) is 4.34. The number of hydrogen-bond donors (Lipinski definition) is 2. The summed E-state index contributed by atoms with van der Waals surface area (Å²) >= 11 is 0. The van der Waals surface area contributed by atoms with Crippen LogP contribution < -0.4 is 0 Å². The van der Waals surface area contributed by atoms with Crippen LogP contribution in [0.4, 0.5) is 0 Å². The molecule has 0 unspecified atom stereocenters. The third kappa shape index (κ3) is 1750. The van der Waals surface area contributed by atoms with Crippen LogP contribution in [0.5, 0.6) is 0 Å². The first kappa shape index (κ1) is 29.2. The molecule has 0 bridgehead atoms. The summed E-state index contributed by atoms with van der Waals surface area (Å²) in [6.07, 6.45) is 0. The van der Waals surface area contributed by atoms with Crippen molar-refractivity contribution in [3.63, 3.8) is 0 Å². The van der Waals surface area contributed by atoms with Crippen LogP contribution in [0.2, 0.25) is 19.6 Å². The van der Waals surface area contributed by atoms with Gasteiger partial charge in [-0.3, -0.25) is 0 Å². The molecule has 0 aliphatic carbocycles. The number of hydrogen-bond acceptors (Lipinski definition) is 2. The zero-order valence-electron chi connectivity index (χ0n) is 9.39. The van der Waals surface area contributed by atoms with Crippen LogP contribution in [0.15, 0.2) is 0 Å². The molecule has 84 valence electrons. The van der Waals surface area contributed by atoms with E-state index >= 15 is 0 Å². The Morgan fingerprint density at radius 2 is 0.923 bits per heavy atom. The van der Waals surface area contributed by atoms with Crippen LogP contribution in [0, 0.1) is 0 Å². The smallest absolute Gasteiger partial charge is 0.179 e. The summed E-state index contributed by atoms with van der Waals surface area (Å²) in [5.41, 5.74) is -0.500. The Labute approximate surface area is 101 Å². The molecule has 0 heterocycles. The van der Waals surface area contributed by atoms with Gasteiger partial charge in [-0.25, -0.2) is 0 Å². The largest absolute Gasteiger partial charge is 0.433 e. The maximum atomic E-state index is 8.66. The minimum atomic E-state index is -1.61. The average Bonchev–Trinajstić information content (AvgIpc) is 1.12. The third-order valence-electron chi connectivity index (χ3n) is 0. The SMILES string of the molecule is CC(C)(C)O.C[Si](C)(C)O.O.O.[Zr]. The molecule has 4 nitrogen and oxygen atoms in total. The monoisotopic (exact) mass is 290 g/mol. The minimum absolute atomic E-state index is 0. The Kier molecular flexibility index (Phi) is 24.8. The molecule has 0 fully saturated rings. The Bertz CT molecular complexity index is 63.5. The molecule has 0 aromatic carbocycles. The zero-order chi connectivity index (χ0) is 9.00. The molecule has 0 aliphatic heterocycles. The first-order valence-corrected chi connectivity index (χ1v) is 6.89. The molecule has 6 N–H and O–H groups in total. The van der Waals surface area contributed by atoms with Crippen LogP contribution in [0.3, 0.4) is 0 Å². The van der Waals surface area contributed by atoms with Crippen LogP contribution in [-0.4, -0.2) is 34.8 Å². The van der Waals surface area contributed by atoms with E-state index < -0.39 is 13.9 Å². The van der Waals surface area contributed by atoms with E-state index in [4.69, 9.17) is 9.90 Å². The van der Waals surface area contributed by atoms with Crippen LogP contribution in [0.1, 0.15) is 20.8 Å². The van der Waals surface area contributed by atoms with Crippen molar-refractivity contribution in [2.75, 3.05) is 0 Å². The van der Waals surface area contributed by atoms with Gasteiger partial charge in [-0.2, -0.15) is 0 Å². The van der Waals surface area contributed by atoms with Gasteiger partial charge in [0.05, 0.1) is 5.60 Å². The maximum absolute atomic E-state index is 8.66. The Morgan fingerprint density at radius 1 is 0.923 bits per heavy atom. The van der Waals surface area contributed by atoms with Gasteiger partial charge in [-0.15, -0.1) is 0 Å². The summed E-state index contributed by atoms with van der Waals surface area (Å²) in [5.74, 6) is 0. The summed E-state index contributed by atoms with van der Waals surface area (Å²) in [7, 11) is -1.61. The van der Waals surface area contributed by atoms with Gasteiger partial charge in [0.15, 0.2) is 8.32 Å². The van der Waals surface area contributed by atoms with Gasteiger partial charge >= 0.3 is 0 Å². The van der Waals surface area contributed by atoms with Gasteiger partial charge in [0.2, 0.25) is 0 Å². The average molecular weight is 292 g/mol. The van der Waals surface area contributed by atoms with E-state index in [1.54, 1.807) is 20.8 Å². The van der Waals surface area contributed by atoms with E-state index in [0.29, 0.717) is 0 Å². The predicted molar refractivity (Wildman–Crippen MR) is 54.8 cm³/mol. The molecule has 6 heteroatoms. The normalized spacial score (nSPS) is 9.23. The van der Waals surface area contributed by atoms with Crippen molar-refractivity contribution in [2.45, 2.75) is 46.0 Å². The Balaban J connectivity index is -0.0000000267. The van der Waals surface area contributed by atoms with Crippen molar-refractivity contribution in [3.05, 3.63) is 0 Å². The summed E-state index contributed by atoms with van der Waals surface area (Å²) in [6, 6.07) is 0. The Hall–Kier alpha value is 0.940. The van der Waals surface area contributed by atoms with Crippen molar-refractivity contribution in [3.8, 4) is 0 Å². The summed E-state index contributed by atoms with van der Waals surface area (Å²) in [5, 5.41) is 8.52. The maximum Gasteiger partial charge on any atom is 0.179 e. The van der Waals surface area contributed by atoms with Crippen molar-refractivity contribution < 1.29 is 47.1 Å². The van der Waals surface area contributed by atoms with Gasteiger partial charge in [0, 0.05) is 26.2 Å². The van der Waals surface area contributed by atoms with E-state index in [0.717, 1.165) is 0 Å². The van der Waals surface area contributed by atoms with Crippen LogP contribution in [0.25, 0.3) is 0 Å². The number of rotatable bonds is 0. The fourth-order valence-electron chi connectivity index (χ4n) is 0. The van der Waals surface area contributed by atoms with Crippen molar-refractivity contribution >= 4 is 8.32 Å². The van der Waals surface area contributed by atoms with E-state index in [1.165, 1.54) is 0 Å². The molecule has 0 atom stereocenters. The molecule has 0 spiro atoms. The molecule has 0 rings (SSSR count). The van der Waals surface area contributed by atoms with E-state index in [9.17, 15) is 0 Å². The predicted octanol–water partition coefficient (Wildman–Crippen LogP) is -0.0611. The Morgan fingerprint density at radius 3 is 0.923 bits per heavy atom. The molecule has 0 amide bonds. The van der Waals surface area contributed by atoms with Gasteiger partial charge in [0.25, 0.3) is 0 Å². The third-order valence-corrected chi connectivity index (χ3v) is 0. The molecule has 0 aromatic rings. The summed E-state index contributed by atoms with van der Waals surface area (Å²) in [6.45, 7) is 10.9. The van der Waals surface area contributed by atoms with Crippen LogP contribution >= 0.6 is 0 Å². The second-order valence-corrected chi connectivity index (χ2v) is 8.68. The van der Waals surface area contributed by atoms with Gasteiger partial charge < -0.3 is 20.9 Å². The summed E-state index contributed by atoms with van der Waals surface area (Å²) in [4.78, 5) is 8.66. The first-order chi connectivity index (χ1) is 4.00. The quantitative estimate of drug-likeness (QED) is 0.610. The number of aliphatic hydroxyl groups is 1. The van der Waals surface area contributed by atoms with Gasteiger partial charge in [-0.1, -0.05) is 0 Å². The standard InChI is InChI=1S/C4H10O.C3H10OSi.2H2O.Zr/c1-4(2,3)5;1-5(2,3)4;;;/h5H,1-3H3;4H,1-3H3;2*1H2;. The fraction of sp³-hybridized carbons (Fsp3) is 1.00. The fourth-order valence-corrected chi connectivity index (χ4v) is 0. The molecule has 0 aliphatic rings. The summed E-state index contributed by atoms with van der Waals surface area (Å²) < 4.78 is 0. The molecular formula is C7H24O4SiZr. The van der Waals surface area contributed by atoms with E-state index in [-0.39, 0.29) is 37.2 Å². The van der Waals surface area contributed by atoms with E-state index in [1.807, 2.05) is 19.6 Å². The first-order valence-electron chi connectivity index (χ1n) is 3.45. The molecular weight excluding hydrogens is 267 g/mol. The molecule has 0 radical (unpaired) electrons. The van der Waals surface area contributed by atoms with Crippen LogP contribution in [-0.2, 0) is 26.2 Å². The van der Waals surface area contributed by atoms with Gasteiger partial charge in [0.1, 0.15) is 0 Å². The minimum Gasteiger partial charge on any atom is -0.433 e. The van der Waals surface area contributed by atoms with Gasteiger partial charge in [-0.05, 0) is 40.4 Å². The topological polar surface area (TPSA) is 103 Å². The second kappa shape index (κ2) is 11.0. The van der Waals surface area contributed by atoms with Crippen molar-refractivity contribution in [1.82, 2.24) is 0 Å². The van der Waals surface area contributed by atoms with Crippen molar-refractivity contribution in [2.24, 2.45) is 0 Å². The zero-order valence-corrected chi connectivity index (χ0v) is 12.9. The molecule has 0 aromatic heterocycles. The molecule has 0 saturated heterocycles. The van der Waals surface area contributed by atoms with Crippen molar-refractivity contribution in [1.29, 1.82) is 0 Å². The molecule has 0 saturated carbocycles. The molecule has 13 heavy (non-hydrogen) atoms.